The second-order valence-corrected chi connectivity index (χ2v) is 5.69. The van der Waals surface area contributed by atoms with Crippen LogP contribution in [0.4, 0.5) is 0 Å². The lowest BCUT2D eigenvalue weighted by Crippen LogP contribution is -2.46. The Morgan fingerprint density at radius 2 is 1.85 bits per heavy atom. The molecule has 1 aromatic heterocycles. The molecule has 1 saturated carbocycles. The highest BCUT2D eigenvalue weighted by Gasteiger charge is 2.42. The number of piperidine rings is 1. The summed E-state index contributed by atoms with van der Waals surface area (Å²) in [5.41, 5.74) is -0.0394. The van der Waals surface area contributed by atoms with Crippen LogP contribution in [0.15, 0.2) is 10.8 Å². The minimum absolute atomic E-state index is 0.0294. The molecule has 1 aliphatic carbocycles. The first-order chi connectivity index (χ1) is 9.58. The Balaban J connectivity index is 1.66. The van der Waals surface area contributed by atoms with Crippen molar-refractivity contribution < 1.29 is 19.0 Å². The van der Waals surface area contributed by atoms with Crippen molar-refractivity contribution in [2.45, 2.75) is 32.1 Å². The largest absolute Gasteiger partial charge is 0.337 e. The van der Waals surface area contributed by atoms with Gasteiger partial charge >= 0.3 is 0 Å². The number of carbonyl (C=O) groups excluding carboxylic acids is 3. The van der Waals surface area contributed by atoms with E-state index in [4.69, 9.17) is 0 Å². The molecule has 1 amide bonds. The van der Waals surface area contributed by atoms with E-state index in [1.165, 1.54) is 6.20 Å². The lowest BCUT2D eigenvalue weighted by Gasteiger charge is -2.42. The summed E-state index contributed by atoms with van der Waals surface area (Å²) in [5, 5.41) is 6.95. The Kier molecular flexibility index (Phi) is 3.11. The van der Waals surface area contributed by atoms with E-state index in [2.05, 4.69) is 14.9 Å². The second-order valence-electron chi connectivity index (χ2n) is 5.69. The number of rotatable bonds is 1. The zero-order valence-corrected chi connectivity index (χ0v) is 11.0. The molecule has 7 heteroatoms. The average molecular weight is 277 g/mol. The van der Waals surface area contributed by atoms with Gasteiger partial charge in [0.1, 0.15) is 17.8 Å². The number of nitrogens with zero attached hydrogens (tertiary/aromatic N) is 3. The number of carbonyl (C=O) groups is 3. The topological polar surface area (TPSA) is 93.4 Å². The zero-order chi connectivity index (χ0) is 14.2. The van der Waals surface area contributed by atoms with Crippen molar-refractivity contribution in [2.75, 3.05) is 13.1 Å². The Morgan fingerprint density at radius 1 is 1.20 bits per heavy atom. The Labute approximate surface area is 115 Å². The predicted molar refractivity (Wildman–Crippen MR) is 65.7 cm³/mol. The molecule has 3 rings (SSSR count). The molecule has 2 heterocycles. The third-order valence-corrected chi connectivity index (χ3v) is 4.23. The van der Waals surface area contributed by atoms with Gasteiger partial charge in [0, 0.05) is 25.9 Å². The molecule has 2 aliphatic rings. The van der Waals surface area contributed by atoms with Crippen LogP contribution < -0.4 is 0 Å². The summed E-state index contributed by atoms with van der Waals surface area (Å²) in [5.74, 6) is -0.155. The first kappa shape index (κ1) is 13.0. The van der Waals surface area contributed by atoms with Crippen LogP contribution >= 0.6 is 0 Å². The summed E-state index contributed by atoms with van der Waals surface area (Å²) in [6.07, 6.45) is 3.66. The fourth-order valence-corrected chi connectivity index (χ4v) is 3.20. The molecule has 1 spiro atoms. The molecular weight excluding hydrogens is 262 g/mol. The minimum atomic E-state index is -0.231. The van der Waals surface area contributed by atoms with E-state index in [0.717, 1.165) is 0 Å². The molecule has 0 radical (unpaired) electrons. The number of ketones is 2. The lowest BCUT2D eigenvalue weighted by molar-refractivity contribution is -0.135. The van der Waals surface area contributed by atoms with Crippen molar-refractivity contribution >= 4 is 17.5 Å². The van der Waals surface area contributed by atoms with E-state index in [1.54, 1.807) is 4.90 Å². The maximum Gasteiger partial charge on any atom is 0.277 e. The highest BCUT2D eigenvalue weighted by atomic mass is 16.6. The standard InChI is InChI=1S/C13H15N3O4/c17-9-5-10(18)7-13(6-9)1-3-16(4-2-13)12(19)11-8-14-20-15-11/h8H,1-7H2. The zero-order valence-electron chi connectivity index (χ0n) is 11.0. The van der Waals surface area contributed by atoms with Gasteiger partial charge in [-0.25, -0.2) is 4.63 Å². The molecule has 106 valence electrons. The molecule has 1 aromatic rings. The maximum atomic E-state index is 12.1. The number of aromatic nitrogens is 2. The monoisotopic (exact) mass is 277 g/mol. The van der Waals surface area contributed by atoms with Crippen LogP contribution in [0.5, 0.6) is 0 Å². The molecule has 0 aromatic carbocycles. The normalized spacial score (nSPS) is 22.3. The van der Waals surface area contributed by atoms with Crippen LogP contribution in [0.3, 0.4) is 0 Å². The Morgan fingerprint density at radius 3 is 2.40 bits per heavy atom. The highest BCUT2D eigenvalue weighted by Crippen LogP contribution is 2.42. The molecule has 0 atom stereocenters. The van der Waals surface area contributed by atoms with E-state index in [9.17, 15) is 14.4 Å². The van der Waals surface area contributed by atoms with Gasteiger partial charge in [-0.3, -0.25) is 14.4 Å². The number of hydrogen-bond acceptors (Lipinski definition) is 6. The van der Waals surface area contributed by atoms with Gasteiger partial charge in [0.05, 0.1) is 6.42 Å². The predicted octanol–water partition coefficient (Wildman–Crippen LogP) is 0.614. The Bertz CT molecular complexity index is 526. The molecular formula is C13H15N3O4. The third kappa shape index (κ3) is 2.35. The summed E-state index contributed by atoms with van der Waals surface area (Å²) in [7, 11) is 0. The van der Waals surface area contributed by atoms with Gasteiger partial charge in [-0.05, 0) is 23.4 Å². The van der Waals surface area contributed by atoms with Crippen molar-refractivity contribution in [1.29, 1.82) is 0 Å². The van der Waals surface area contributed by atoms with Crippen LogP contribution in [0.25, 0.3) is 0 Å². The SMILES string of the molecule is O=C1CC(=O)CC2(CCN(C(=O)c3cnon3)CC2)C1. The van der Waals surface area contributed by atoms with Crippen LogP contribution in [0.1, 0.15) is 42.6 Å². The smallest absolute Gasteiger partial charge is 0.277 e. The van der Waals surface area contributed by atoms with Gasteiger partial charge in [-0.1, -0.05) is 5.16 Å². The van der Waals surface area contributed by atoms with Crippen LogP contribution in [0, 0.1) is 5.41 Å². The van der Waals surface area contributed by atoms with E-state index in [0.29, 0.717) is 38.8 Å². The van der Waals surface area contributed by atoms with Crippen molar-refractivity contribution in [1.82, 2.24) is 15.2 Å². The Hall–Kier alpha value is -2.05. The molecule has 1 saturated heterocycles. The summed E-state index contributed by atoms with van der Waals surface area (Å²) in [6.45, 7) is 1.07. The summed E-state index contributed by atoms with van der Waals surface area (Å²) < 4.78 is 4.43. The third-order valence-electron chi connectivity index (χ3n) is 4.23. The first-order valence-electron chi connectivity index (χ1n) is 6.68. The van der Waals surface area contributed by atoms with E-state index < -0.39 is 0 Å². The van der Waals surface area contributed by atoms with Gasteiger partial charge in [0.25, 0.3) is 5.91 Å². The van der Waals surface area contributed by atoms with Gasteiger partial charge < -0.3 is 4.90 Å². The number of hydrogen-bond donors (Lipinski definition) is 0. The van der Waals surface area contributed by atoms with Crippen molar-refractivity contribution in [3.05, 3.63) is 11.9 Å². The van der Waals surface area contributed by atoms with Gasteiger partial charge in [-0.15, -0.1) is 0 Å². The average Bonchev–Trinajstić information content (AvgIpc) is 2.91. The molecule has 0 bridgehead atoms. The second kappa shape index (κ2) is 4.81. The van der Waals surface area contributed by atoms with Crippen molar-refractivity contribution in [3.8, 4) is 0 Å². The van der Waals surface area contributed by atoms with Crippen LogP contribution in [-0.2, 0) is 9.59 Å². The van der Waals surface area contributed by atoms with Crippen LogP contribution in [0.2, 0.25) is 0 Å². The quantitative estimate of drug-likeness (QED) is 0.698. The van der Waals surface area contributed by atoms with Gasteiger partial charge in [0.2, 0.25) is 0 Å². The molecule has 20 heavy (non-hydrogen) atoms. The molecule has 1 aliphatic heterocycles. The number of amides is 1. The number of Topliss-reactive ketones (excluding diaryl/α,β-unsaturated/α-hetero) is 2. The van der Waals surface area contributed by atoms with Crippen molar-refractivity contribution in [3.63, 3.8) is 0 Å². The van der Waals surface area contributed by atoms with Gasteiger partial charge in [-0.2, -0.15) is 0 Å². The molecule has 0 N–H and O–H groups in total. The van der Waals surface area contributed by atoms with Crippen molar-refractivity contribution in [2.24, 2.45) is 5.41 Å². The summed E-state index contributed by atoms with van der Waals surface area (Å²) in [6, 6.07) is 0. The first-order valence-corrected chi connectivity index (χ1v) is 6.68. The molecule has 0 unspecified atom stereocenters. The summed E-state index contributed by atoms with van der Waals surface area (Å²) >= 11 is 0. The van der Waals surface area contributed by atoms with E-state index >= 15 is 0 Å². The summed E-state index contributed by atoms with van der Waals surface area (Å²) in [4.78, 5) is 37.0. The fourth-order valence-electron chi connectivity index (χ4n) is 3.20. The minimum Gasteiger partial charge on any atom is -0.337 e. The van der Waals surface area contributed by atoms with Gasteiger partial charge in [0.15, 0.2) is 5.69 Å². The highest BCUT2D eigenvalue weighted by molar-refractivity contribution is 6.02. The number of likely N-dealkylation sites (tertiary alicyclic amines) is 1. The van der Waals surface area contributed by atoms with E-state index in [-0.39, 0.29) is 35.0 Å². The molecule has 7 nitrogen and oxygen atoms in total. The lowest BCUT2D eigenvalue weighted by atomic mass is 9.67. The van der Waals surface area contributed by atoms with Crippen LogP contribution in [-0.4, -0.2) is 45.8 Å². The fraction of sp³-hybridized carbons (Fsp3) is 0.615. The maximum absolute atomic E-state index is 12.1. The van der Waals surface area contributed by atoms with E-state index in [1.807, 2.05) is 0 Å². The molecule has 2 fully saturated rings.